The van der Waals surface area contributed by atoms with Crippen LogP contribution in [0.1, 0.15) is 25.3 Å². The van der Waals surface area contributed by atoms with Crippen molar-refractivity contribution in [3.05, 3.63) is 52.1 Å². The van der Waals surface area contributed by atoms with Gasteiger partial charge in [-0.25, -0.2) is 8.42 Å². The lowest BCUT2D eigenvalue weighted by atomic mass is 10.1. The Morgan fingerprint density at radius 3 is 2.57 bits per heavy atom. The molecule has 2 aromatic rings. The number of nitro groups is 1. The van der Waals surface area contributed by atoms with Crippen LogP contribution in [0.5, 0.6) is 11.5 Å². The highest BCUT2D eigenvalue weighted by molar-refractivity contribution is 7.89. The average Bonchev–Trinajstić information content (AvgIpc) is 3.28. The van der Waals surface area contributed by atoms with Crippen molar-refractivity contribution in [3.63, 3.8) is 0 Å². The van der Waals surface area contributed by atoms with E-state index in [2.05, 4.69) is 10.5 Å². The van der Waals surface area contributed by atoms with Gasteiger partial charge >= 0.3 is 0 Å². The molecule has 0 unspecified atom stereocenters. The molecule has 2 aromatic carbocycles. The van der Waals surface area contributed by atoms with E-state index >= 15 is 0 Å². The summed E-state index contributed by atoms with van der Waals surface area (Å²) in [6.07, 6.45) is 1.54. The Balaban J connectivity index is 1.91. The summed E-state index contributed by atoms with van der Waals surface area (Å²) >= 11 is 0. The second-order valence-corrected chi connectivity index (χ2v) is 8.68. The van der Waals surface area contributed by atoms with Crippen molar-refractivity contribution in [1.29, 1.82) is 0 Å². The molecule has 0 amide bonds. The van der Waals surface area contributed by atoms with Crippen LogP contribution in [0.4, 0.5) is 11.4 Å². The highest BCUT2D eigenvalue weighted by Gasteiger charge is 2.29. The van der Waals surface area contributed by atoms with Crippen molar-refractivity contribution < 1.29 is 23.2 Å². The van der Waals surface area contributed by atoms with E-state index in [1.807, 2.05) is 0 Å². The topological polar surface area (TPSA) is 134 Å². The van der Waals surface area contributed by atoms with Crippen LogP contribution >= 0.6 is 0 Å². The lowest BCUT2D eigenvalue weighted by Crippen LogP contribution is -2.27. The third kappa shape index (κ3) is 4.36. The summed E-state index contributed by atoms with van der Waals surface area (Å²) in [5, 5.41) is 25.7. The van der Waals surface area contributed by atoms with Crippen LogP contribution in [0.15, 0.2) is 46.4 Å². The molecule has 1 saturated heterocycles. The fraction of sp³-hybridized carbons (Fsp3) is 0.316. The van der Waals surface area contributed by atoms with E-state index in [0.717, 1.165) is 18.9 Å². The molecule has 0 saturated carbocycles. The summed E-state index contributed by atoms with van der Waals surface area (Å²) in [4.78, 5) is 10.7. The maximum absolute atomic E-state index is 12.7. The first kappa shape index (κ1) is 21.5. The standard InChI is InChI=1S/C19H22N4O6S/c1-13(16-11-14(29-2)5-8-19(16)24)20-21-17-7-6-15(12-18(17)23(25)26)30(27,28)22-9-3-4-10-22/h5-8,11-12,21,24H,3-4,9-10H2,1-2H3/b20-13+. The van der Waals surface area contributed by atoms with Crippen LogP contribution in [0.2, 0.25) is 0 Å². The molecule has 160 valence electrons. The Hall–Kier alpha value is -3.18. The van der Waals surface area contributed by atoms with Gasteiger partial charge in [0.1, 0.15) is 17.2 Å². The SMILES string of the molecule is COc1ccc(O)c(/C(C)=N/Nc2ccc(S(=O)(=O)N3CCCC3)cc2[N+](=O)[O-])c1. The monoisotopic (exact) mass is 434 g/mol. The Morgan fingerprint density at radius 2 is 1.93 bits per heavy atom. The van der Waals surface area contributed by atoms with E-state index in [4.69, 9.17) is 4.74 Å². The molecule has 2 N–H and O–H groups in total. The molecule has 11 heteroatoms. The largest absolute Gasteiger partial charge is 0.507 e. The van der Waals surface area contributed by atoms with Gasteiger partial charge in [-0.3, -0.25) is 15.5 Å². The minimum absolute atomic E-state index is 0.0274. The van der Waals surface area contributed by atoms with Gasteiger partial charge in [-0.05, 0) is 50.1 Å². The summed E-state index contributed by atoms with van der Waals surface area (Å²) in [6.45, 7) is 2.42. The first-order valence-electron chi connectivity index (χ1n) is 9.20. The molecule has 1 fully saturated rings. The summed E-state index contributed by atoms with van der Waals surface area (Å²) in [7, 11) is -2.29. The molecule has 0 aromatic heterocycles. The number of hydrogen-bond acceptors (Lipinski definition) is 8. The maximum Gasteiger partial charge on any atom is 0.295 e. The number of rotatable bonds is 7. The molecule has 0 spiro atoms. The number of hydrogen-bond donors (Lipinski definition) is 2. The van der Waals surface area contributed by atoms with E-state index < -0.39 is 20.6 Å². The van der Waals surface area contributed by atoms with Crippen molar-refractivity contribution in [1.82, 2.24) is 4.31 Å². The van der Waals surface area contributed by atoms with Gasteiger partial charge in [-0.15, -0.1) is 0 Å². The van der Waals surface area contributed by atoms with E-state index in [0.29, 0.717) is 30.1 Å². The first-order chi connectivity index (χ1) is 14.2. The minimum Gasteiger partial charge on any atom is -0.507 e. The van der Waals surface area contributed by atoms with Crippen LogP contribution < -0.4 is 10.2 Å². The van der Waals surface area contributed by atoms with Gasteiger partial charge in [0.25, 0.3) is 5.69 Å². The number of ether oxygens (including phenoxy) is 1. The van der Waals surface area contributed by atoms with E-state index in [9.17, 15) is 23.6 Å². The third-order valence-electron chi connectivity index (χ3n) is 4.81. The normalized spacial score (nSPS) is 15.2. The predicted molar refractivity (Wildman–Crippen MR) is 112 cm³/mol. The zero-order valence-electron chi connectivity index (χ0n) is 16.5. The zero-order valence-corrected chi connectivity index (χ0v) is 17.3. The molecule has 1 heterocycles. The quantitative estimate of drug-likeness (QED) is 0.389. The number of phenols is 1. The lowest BCUT2D eigenvalue weighted by Gasteiger charge is -2.15. The maximum atomic E-state index is 12.7. The van der Waals surface area contributed by atoms with Gasteiger partial charge in [-0.2, -0.15) is 9.41 Å². The van der Waals surface area contributed by atoms with Gasteiger partial charge in [0.05, 0.1) is 22.6 Å². The molecule has 3 rings (SSSR count). The third-order valence-corrected chi connectivity index (χ3v) is 6.70. The van der Waals surface area contributed by atoms with Gasteiger partial charge in [0, 0.05) is 24.7 Å². The van der Waals surface area contributed by atoms with Gasteiger partial charge in [0.15, 0.2) is 0 Å². The predicted octanol–water partition coefficient (Wildman–Crippen LogP) is 2.93. The summed E-state index contributed by atoms with van der Waals surface area (Å²) < 4.78 is 31.8. The molecule has 1 aliphatic heterocycles. The molecule has 0 aliphatic carbocycles. The number of nitro benzene ring substituents is 1. The van der Waals surface area contributed by atoms with Crippen molar-refractivity contribution in [2.45, 2.75) is 24.7 Å². The molecule has 0 atom stereocenters. The fourth-order valence-corrected chi connectivity index (χ4v) is 4.67. The second kappa shape index (κ2) is 8.67. The number of methoxy groups -OCH3 is 1. The van der Waals surface area contributed by atoms with Crippen molar-refractivity contribution in [3.8, 4) is 11.5 Å². The molecular weight excluding hydrogens is 412 g/mol. The van der Waals surface area contributed by atoms with E-state index in [1.165, 1.54) is 29.6 Å². The Kier molecular flexibility index (Phi) is 6.22. The Labute approximate surface area is 174 Å². The number of phenolic OH excluding ortho intramolecular Hbond substituents is 1. The number of nitrogens with zero attached hydrogens (tertiary/aromatic N) is 3. The number of anilines is 1. The second-order valence-electron chi connectivity index (χ2n) is 6.74. The number of aromatic hydroxyl groups is 1. The van der Waals surface area contributed by atoms with Crippen LogP contribution in [-0.2, 0) is 10.0 Å². The zero-order chi connectivity index (χ0) is 21.9. The summed E-state index contributed by atoms with van der Waals surface area (Å²) in [6, 6.07) is 8.28. The van der Waals surface area contributed by atoms with Crippen molar-refractivity contribution in [2.75, 3.05) is 25.6 Å². The molecule has 10 nitrogen and oxygen atoms in total. The van der Waals surface area contributed by atoms with Crippen LogP contribution in [0, 0.1) is 10.1 Å². The minimum atomic E-state index is -3.78. The highest BCUT2D eigenvalue weighted by atomic mass is 32.2. The summed E-state index contributed by atoms with van der Waals surface area (Å²) in [5.41, 5.74) is 2.95. The lowest BCUT2D eigenvalue weighted by molar-refractivity contribution is -0.384. The number of hydrazone groups is 1. The van der Waals surface area contributed by atoms with E-state index in [-0.39, 0.29) is 16.3 Å². The van der Waals surface area contributed by atoms with Crippen LogP contribution in [0.25, 0.3) is 0 Å². The highest BCUT2D eigenvalue weighted by Crippen LogP contribution is 2.30. The average molecular weight is 434 g/mol. The first-order valence-corrected chi connectivity index (χ1v) is 10.6. The summed E-state index contributed by atoms with van der Waals surface area (Å²) in [5.74, 6) is 0.486. The van der Waals surface area contributed by atoms with Crippen LogP contribution in [-0.4, -0.2) is 48.7 Å². The Bertz CT molecular complexity index is 1090. The molecule has 1 aliphatic rings. The molecular formula is C19H22N4O6S. The molecule has 0 bridgehead atoms. The van der Waals surface area contributed by atoms with Crippen molar-refractivity contribution >= 4 is 27.1 Å². The van der Waals surface area contributed by atoms with Crippen molar-refractivity contribution in [2.24, 2.45) is 5.10 Å². The van der Waals surface area contributed by atoms with E-state index in [1.54, 1.807) is 19.1 Å². The Morgan fingerprint density at radius 1 is 1.23 bits per heavy atom. The number of nitrogens with one attached hydrogen (secondary N) is 1. The number of sulfonamides is 1. The molecule has 30 heavy (non-hydrogen) atoms. The van der Waals surface area contributed by atoms with Gasteiger partial charge in [0.2, 0.25) is 10.0 Å². The molecule has 0 radical (unpaired) electrons. The fourth-order valence-electron chi connectivity index (χ4n) is 3.13. The van der Waals surface area contributed by atoms with Gasteiger partial charge < -0.3 is 9.84 Å². The van der Waals surface area contributed by atoms with Crippen LogP contribution in [0.3, 0.4) is 0 Å². The number of benzene rings is 2. The van der Waals surface area contributed by atoms with Gasteiger partial charge in [-0.1, -0.05) is 0 Å². The smallest absolute Gasteiger partial charge is 0.295 e.